The summed E-state index contributed by atoms with van der Waals surface area (Å²) in [6.45, 7) is 9.92. The Morgan fingerprint density at radius 3 is 2.31 bits per heavy atom. The van der Waals surface area contributed by atoms with Crippen molar-refractivity contribution < 1.29 is 9.59 Å². The smallest absolute Gasteiger partial charge is 0.234 e. The van der Waals surface area contributed by atoms with Crippen LogP contribution in [0.3, 0.4) is 0 Å². The lowest BCUT2D eigenvalue weighted by atomic mass is 10.1. The lowest BCUT2D eigenvalue weighted by molar-refractivity contribution is -0.123. The SMILES string of the molecule is CCCCC[C@@H](C)NC(=O)CN1CCN(c2ccc(C(C)=O)cc2)CC1. The van der Waals surface area contributed by atoms with Gasteiger partial charge in [0.2, 0.25) is 5.91 Å². The Balaban J connectivity index is 1.72. The molecule has 1 aromatic carbocycles. The summed E-state index contributed by atoms with van der Waals surface area (Å²) >= 11 is 0. The third-order valence-electron chi connectivity index (χ3n) is 5.03. The Morgan fingerprint density at radius 1 is 1.08 bits per heavy atom. The number of nitrogens with zero attached hydrogens (tertiary/aromatic N) is 2. The van der Waals surface area contributed by atoms with Crippen LogP contribution in [-0.4, -0.2) is 55.4 Å². The maximum absolute atomic E-state index is 12.2. The zero-order valence-electron chi connectivity index (χ0n) is 16.5. The predicted octanol–water partition coefficient (Wildman–Crippen LogP) is 3.10. The summed E-state index contributed by atoms with van der Waals surface area (Å²) in [5.41, 5.74) is 1.89. The van der Waals surface area contributed by atoms with Crippen molar-refractivity contribution in [3.63, 3.8) is 0 Å². The van der Waals surface area contributed by atoms with Crippen molar-refractivity contribution in [3.05, 3.63) is 29.8 Å². The van der Waals surface area contributed by atoms with Crippen molar-refractivity contribution in [1.82, 2.24) is 10.2 Å². The monoisotopic (exact) mass is 359 g/mol. The zero-order valence-corrected chi connectivity index (χ0v) is 16.5. The fourth-order valence-electron chi connectivity index (χ4n) is 3.37. The molecule has 2 rings (SSSR count). The van der Waals surface area contributed by atoms with Gasteiger partial charge in [0.1, 0.15) is 0 Å². The van der Waals surface area contributed by atoms with Gasteiger partial charge >= 0.3 is 0 Å². The highest BCUT2D eigenvalue weighted by Crippen LogP contribution is 2.17. The van der Waals surface area contributed by atoms with Crippen LogP contribution in [-0.2, 0) is 4.79 Å². The number of Topliss-reactive ketones (excluding diaryl/α,β-unsaturated/α-hetero) is 1. The van der Waals surface area contributed by atoms with Crippen LogP contribution in [0.4, 0.5) is 5.69 Å². The van der Waals surface area contributed by atoms with Crippen molar-refractivity contribution in [2.45, 2.75) is 52.5 Å². The molecule has 0 saturated carbocycles. The fourth-order valence-corrected chi connectivity index (χ4v) is 3.37. The molecule has 144 valence electrons. The summed E-state index contributed by atoms with van der Waals surface area (Å²) in [7, 11) is 0. The van der Waals surface area contributed by atoms with Crippen LogP contribution in [0, 0.1) is 0 Å². The molecule has 5 nitrogen and oxygen atoms in total. The number of amides is 1. The first-order chi connectivity index (χ1) is 12.5. The van der Waals surface area contributed by atoms with E-state index in [0.29, 0.717) is 6.54 Å². The summed E-state index contributed by atoms with van der Waals surface area (Å²) < 4.78 is 0. The molecular weight excluding hydrogens is 326 g/mol. The lowest BCUT2D eigenvalue weighted by Gasteiger charge is -2.36. The molecule has 0 radical (unpaired) electrons. The second-order valence-corrected chi connectivity index (χ2v) is 7.33. The molecule has 5 heteroatoms. The summed E-state index contributed by atoms with van der Waals surface area (Å²) in [6.07, 6.45) is 4.68. The molecule has 1 heterocycles. The number of rotatable bonds is 9. The minimum Gasteiger partial charge on any atom is -0.369 e. The highest BCUT2D eigenvalue weighted by molar-refractivity contribution is 5.94. The molecule has 0 unspecified atom stereocenters. The summed E-state index contributed by atoms with van der Waals surface area (Å²) in [5.74, 6) is 0.226. The molecule has 1 aliphatic heterocycles. The van der Waals surface area contributed by atoms with Gasteiger partial charge in [0.15, 0.2) is 5.78 Å². The van der Waals surface area contributed by atoms with Gasteiger partial charge in [-0.3, -0.25) is 14.5 Å². The minimum atomic E-state index is 0.0938. The number of carbonyl (C=O) groups excluding carboxylic acids is 2. The van der Waals surface area contributed by atoms with Crippen molar-refractivity contribution in [3.8, 4) is 0 Å². The molecule has 1 N–H and O–H groups in total. The van der Waals surface area contributed by atoms with Crippen LogP contribution < -0.4 is 10.2 Å². The van der Waals surface area contributed by atoms with Gasteiger partial charge in [0.05, 0.1) is 6.54 Å². The molecule has 1 aromatic rings. The molecule has 0 aromatic heterocycles. The Hall–Kier alpha value is -1.88. The van der Waals surface area contributed by atoms with E-state index in [-0.39, 0.29) is 17.7 Å². The Kier molecular flexibility index (Phi) is 8.10. The second kappa shape index (κ2) is 10.3. The molecule has 1 amide bonds. The van der Waals surface area contributed by atoms with E-state index in [1.165, 1.54) is 19.3 Å². The number of nitrogens with one attached hydrogen (secondary N) is 1. The van der Waals surface area contributed by atoms with Gasteiger partial charge in [-0.25, -0.2) is 0 Å². The first-order valence-corrected chi connectivity index (χ1v) is 9.87. The number of carbonyl (C=O) groups is 2. The van der Waals surface area contributed by atoms with Crippen molar-refractivity contribution >= 4 is 17.4 Å². The molecule has 1 fully saturated rings. The van der Waals surface area contributed by atoms with E-state index in [2.05, 4.69) is 29.0 Å². The second-order valence-electron chi connectivity index (χ2n) is 7.33. The van der Waals surface area contributed by atoms with Gasteiger partial charge in [0, 0.05) is 43.5 Å². The average molecular weight is 360 g/mol. The number of hydrogen-bond acceptors (Lipinski definition) is 4. The maximum Gasteiger partial charge on any atom is 0.234 e. The van der Waals surface area contributed by atoms with E-state index < -0.39 is 0 Å². The largest absolute Gasteiger partial charge is 0.369 e. The summed E-state index contributed by atoms with van der Waals surface area (Å²) in [5, 5.41) is 3.12. The summed E-state index contributed by atoms with van der Waals surface area (Å²) in [4.78, 5) is 28.1. The normalized spacial score (nSPS) is 16.3. The van der Waals surface area contributed by atoms with Gasteiger partial charge in [0.25, 0.3) is 0 Å². The number of anilines is 1. The van der Waals surface area contributed by atoms with Crippen LogP contribution >= 0.6 is 0 Å². The van der Waals surface area contributed by atoms with Gasteiger partial charge in [-0.05, 0) is 44.5 Å². The first-order valence-electron chi connectivity index (χ1n) is 9.87. The highest BCUT2D eigenvalue weighted by Gasteiger charge is 2.20. The standard InChI is InChI=1S/C21H33N3O2/c1-4-5-6-7-17(2)22-21(26)16-23-12-14-24(15-13-23)20-10-8-19(9-11-20)18(3)25/h8-11,17H,4-7,12-16H2,1-3H3,(H,22,26)/t17-/m1/s1. The van der Waals surface area contributed by atoms with Crippen molar-refractivity contribution in [1.29, 1.82) is 0 Å². The number of ketones is 1. The van der Waals surface area contributed by atoms with Crippen LogP contribution in [0.15, 0.2) is 24.3 Å². The topological polar surface area (TPSA) is 52.7 Å². The van der Waals surface area contributed by atoms with E-state index in [4.69, 9.17) is 0 Å². The predicted molar refractivity (Wildman–Crippen MR) is 107 cm³/mol. The quantitative estimate of drug-likeness (QED) is 0.544. The van der Waals surface area contributed by atoms with Gasteiger partial charge in [-0.1, -0.05) is 26.2 Å². The van der Waals surface area contributed by atoms with Crippen LogP contribution in [0.5, 0.6) is 0 Å². The number of benzene rings is 1. The third kappa shape index (κ3) is 6.45. The lowest BCUT2D eigenvalue weighted by Crippen LogP contribution is -2.50. The van der Waals surface area contributed by atoms with Gasteiger partial charge in [-0.2, -0.15) is 0 Å². The minimum absolute atomic E-state index is 0.0938. The third-order valence-corrected chi connectivity index (χ3v) is 5.03. The van der Waals surface area contributed by atoms with E-state index >= 15 is 0 Å². The highest BCUT2D eigenvalue weighted by atomic mass is 16.2. The average Bonchev–Trinajstić information content (AvgIpc) is 2.62. The van der Waals surface area contributed by atoms with Crippen LogP contribution in [0.1, 0.15) is 56.8 Å². The first kappa shape index (κ1) is 20.4. The maximum atomic E-state index is 12.2. The molecule has 0 aliphatic carbocycles. The summed E-state index contributed by atoms with van der Waals surface area (Å²) in [6, 6.07) is 8.05. The fraction of sp³-hybridized carbons (Fsp3) is 0.619. The zero-order chi connectivity index (χ0) is 18.9. The molecule has 0 bridgehead atoms. The molecule has 0 spiro atoms. The van der Waals surface area contributed by atoms with Gasteiger partial charge < -0.3 is 10.2 Å². The van der Waals surface area contributed by atoms with Crippen LogP contribution in [0.2, 0.25) is 0 Å². The molecule has 1 aliphatic rings. The van der Waals surface area contributed by atoms with Crippen molar-refractivity contribution in [2.75, 3.05) is 37.6 Å². The van der Waals surface area contributed by atoms with E-state index in [1.54, 1.807) is 6.92 Å². The molecule has 26 heavy (non-hydrogen) atoms. The molecule has 1 saturated heterocycles. The van der Waals surface area contributed by atoms with E-state index in [9.17, 15) is 9.59 Å². The Labute approximate surface area is 157 Å². The number of hydrogen-bond donors (Lipinski definition) is 1. The number of unbranched alkanes of at least 4 members (excludes halogenated alkanes) is 2. The molecular formula is C21H33N3O2. The Morgan fingerprint density at radius 2 is 1.73 bits per heavy atom. The van der Waals surface area contributed by atoms with Crippen LogP contribution in [0.25, 0.3) is 0 Å². The molecule has 1 atom stereocenters. The van der Waals surface area contributed by atoms with Gasteiger partial charge in [-0.15, -0.1) is 0 Å². The number of piperazine rings is 1. The Bertz CT molecular complexity index is 577. The van der Waals surface area contributed by atoms with E-state index in [0.717, 1.165) is 43.9 Å². The van der Waals surface area contributed by atoms with E-state index in [1.807, 2.05) is 24.3 Å². The van der Waals surface area contributed by atoms with Crippen molar-refractivity contribution in [2.24, 2.45) is 0 Å².